The molecule has 86 valence electrons. The van der Waals surface area contributed by atoms with Gasteiger partial charge in [0.25, 0.3) is 0 Å². The molecule has 1 heterocycles. The molecule has 1 aromatic rings. The Kier molecular flexibility index (Phi) is 3.41. The van der Waals surface area contributed by atoms with Gasteiger partial charge in [0, 0.05) is 13.1 Å². The predicted molar refractivity (Wildman–Crippen MR) is 59.7 cm³/mol. The minimum atomic E-state index is -0.306. The number of carbonyl (C=O) groups is 1. The lowest BCUT2D eigenvalue weighted by molar-refractivity contribution is 0.0525. The summed E-state index contributed by atoms with van der Waals surface area (Å²) in [4.78, 5) is 11.5. The monoisotopic (exact) mass is 221 g/mol. The zero-order valence-electron chi connectivity index (χ0n) is 9.23. The van der Waals surface area contributed by atoms with Gasteiger partial charge < -0.3 is 14.8 Å². The molecule has 4 heteroatoms. The van der Waals surface area contributed by atoms with E-state index in [0.29, 0.717) is 12.2 Å². The minimum Gasteiger partial charge on any atom is -0.488 e. The Labute approximate surface area is 94.6 Å². The van der Waals surface area contributed by atoms with E-state index in [9.17, 15) is 4.79 Å². The van der Waals surface area contributed by atoms with Crippen LogP contribution < -0.4 is 10.1 Å². The molecule has 0 bridgehead atoms. The molecule has 0 radical (unpaired) electrons. The summed E-state index contributed by atoms with van der Waals surface area (Å²) >= 11 is 0. The van der Waals surface area contributed by atoms with Gasteiger partial charge in [0.1, 0.15) is 11.9 Å². The first-order valence-electron chi connectivity index (χ1n) is 5.44. The summed E-state index contributed by atoms with van der Waals surface area (Å²) in [5.41, 5.74) is 0.534. The summed E-state index contributed by atoms with van der Waals surface area (Å²) < 4.78 is 10.6. The fourth-order valence-electron chi connectivity index (χ4n) is 1.45. The van der Waals surface area contributed by atoms with Gasteiger partial charge in [-0.2, -0.15) is 0 Å². The maximum atomic E-state index is 11.5. The maximum absolute atomic E-state index is 11.5. The van der Waals surface area contributed by atoms with Gasteiger partial charge in [-0.15, -0.1) is 0 Å². The fraction of sp³-hybridized carbons (Fsp3) is 0.417. The topological polar surface area (TPSA) is 47.6 Å². The molecule has 0 saturated carbocycles. The molecular formula is C12H15NO3. The van der Waals surface area contributed by atoms with Crippen LogP contribution in [0, 0.1) is 0 Å². The molecule has 2 rings (SSSR count). The van der Waals surface area contributed by atoms with Crippen molar-refractivity contribution >= 4 is 5.97 Å². The molecule has 0 atom stereocenters. The number of rotatable bonds is 4. The summed E-state index contributed by atoms with van der Waals surface area (Å²) in [6, 6.07) is 7.09. The van der Waals surface area contributed by atoms with Crippen molar-refractivity contribution in [3.63, 3.8) is 0 Å². The molecule has 0 aliphatic carbocycles. The zero-order chi connectivity index (χ0) is 11.4. The van der Waals surface area contributed by atoms with Crippen molar-refractivity contribution in [1.82, 2.24) is 5.32 Å². The number of nitrogens with one attached hydrogen (secondary N) is 1. The number of hydrogen-bond donors (Lipinski definition) is 1. The van der Waals surface area contributed by atoms with Gasteiger partial charge in [-0.1, -0.05) is 6.07 Å². The van der Waals surface area contributed by atoms with Gasteiger partial charge in [0.2, 0.25) is 0 Å². The highest BCUT2D eigenvalue weighted by molar-refractivity contribution is 5.89. The second-order valence-electron chi connectivity index (χ2n) is 3.65. The Balaban J connectivity index is 2.03. The quantitative estimate of drug-likeness (QED) is 0.776. The van der Waals surface area contributed by atoms with Gasteiger partial charge in [0.05, 0.1) is 12.2 Å². The van der Waals surface area contributed by atoms with Gasteiger partial charge in [-0.25, -0.2) is 4.79 Å². The van der Waals surface area contributed by atoms with E-state index >= 15 is 0 Å². The van der Waals surface area contributed by atoms with Crippen molar-refractivity contribution in [2.24, 2.45) is 0 Å². The largest absolute Gasteiger partial charge is 0.488 e. The molecule has 1 N–H and O–H groups in total. The normalized spacial score (nSPS) is 15.3. The third kappa shape index (κ3) is 2.52. The lowest BCUT2D eigenvalue weighted by Crippen LogP contribution is -2.50. The minimum absolute atomic E-state index is 0.220. The summed E-state index contributed by atoms with van der Waals surface area (Å²) in [6.07, 6.45) is 0.220. The molecule has 0 unspecified atom stereocenters. The van der Waals surface area contributed by atoms with Crippen LogP contribution >= 0.6 is 0 Å². The van der Waals surface area contributed by atoms with E-state index in [1.807, 2.05) is 6.07 Å². The average molecular weight is 221 g/mol. The second-order valence-corrected chi connectivity index (χ2v) is 3.65. The number of carbonyl (C=O) groups excluding carboxylic acids is 1. The van der Waals surface area contributed by atoms with Crippen molar-refractivity contribution in [2.75, 3.05) is 19.7 Å². The molecule has 1 aromatic carbocycles. The van der Waals surface area contributed by atoms with Crippen molar-refractivity contribution in [2.45, 2.75) is 13.0 Å². The van der Waals surface area contributed by atoms with E-state index in [-0.39, 0.29) is 12.1 Å². The van der Waals surface area contributed by atoms with Crippen LogP contribution in [0.4, 0.5) is 0 Å². The maximum Gasteiger partial charge on any atom is 0.338 e. The van der Waals surface area contributed by atoms with Crippen molar-refractivity contribution in [3.05, 3.63) is 29.8 Å². The first-order valence-corrected chi connectivity index (χ1v) is 5.44. The molecule has 0 amide bonds. The Morgan fingerprint density at radius 2 is 2.31 bits per heavy atom. The Bertz CT molecular complexity index is 374. The van der Waals surface area contributed by atoms with E-state index in [1.165, 1.54) is 0 Å². The lowest BCUT2D eigenvalue weighted by Gasteiger charge is -2.27. The van der Waals surface area contributed by atoms with Crippen LogP contribution in [0.3, 0.4) is 0 Å². The third-order valence-electron chi connectivity index (χ3n) is 2.39. The molecule has 1 saturated heterocycles. The lowest BCUT2D eigenvalue weighted by atomic mass is 10.2. The summed E-state index contributed by atoms with van der Waals surface area (Å²) in [6.45, 7) is 3.90. The highest BCUT2D eigenvalue weighted by Gasteiger charge is 2.18. The summed E-state index contributed by atoms with van der Waals surface area (Å²) in [7, 11) is 0. The standard InChI is InChI=1S/C12H15NO3/c1-2-15-12(14)9-4-3-5-10(6-9)16-11-7-13-8-11/h3-6,11,13H,2,7-8H2,1H3. The van der Waals surface area contributed by atoms with Crippen LogP contribution in [0.15, 0.2) is 24.3 Å². The predicted octanol–water partition coefficient (Wildman–Crippen LogP) is 1.21. The average Bonchev–Trinajstić information content (AvgIpc) is 2.24. The van der Waals surface area contributed by atoms with Crippen molar-refractivity contribution in [1.29, 1.82) is 0 Å². The molecule has 1 aliphatic rings. The molecule has 1 aliphatic heterocycles. The Hall–Kier alpha value is -1.55. The highest BCUT2D eigenvalue weighted by Crippen LogP contribution is 2.16. The molecule has 4 nitrogen and oxygen atoms in total. The van der Waals surface area contributed by atoms with Gasteiger partial charge >= 0.3 is 5.97 Å². The van der Waals surface area contributed by atoms with Crippen LogP contribution in [0.25, 0.3) is 0 Å². The molecule has 1 fully saturated rings. The molecule has 0 spiro atoms. The number of ether oxygens (including phenoxy) is 2. The number of hydrogen-bond acceptors (Lipinski definition) is 4. The van der Waals surface area contributed by atoms with Crippen LogP contribution in [0.2, 0.25) is 0 Å². The van der Waals surface area contributed by atoms with E-state index in [2.05, 4.69) is 5.32 Å². The fourth-order valence-corrected chi connectivity index (χ4v) is 1.45. The SMILES string of the molecule is CCOC(=O)c1cccc(OC2CNC2)c1. The van der Waals surface area contributed by atoms with Crippen LogP contribution in [-0.2, 0) is 4.74 Å². The highest BCUT2D eigenvalue weighted by atomic mass is 16.5. The van der Waals surface area contributed by atoms with E-state index < -0.39 is 0 Å². The van der Waals surface area contributed by atoms with Gasteiger partial charge in [0.15, 0.2) is 0 Å². The van der Waals surface area contributed by atoms with Gasteiger partial charge in [-0.05, 0) is 25.1 Å². The van der Waals surface area contributed by atoms with Crippen molar-refractivity contribution in [3.8, 4) is 5.75 Å². The van der Waals surface area contributed by atoms with E-state index in [0.717, 1.165) is 18.8 Å². The van der Waals surface area contributed by atoms with E-state index in [1.54, 1.807) is 25.1 Å². The van der Waals surface area contributed by atoms with Crippen LogP contribution in [0.5, 0.6) is 5.75 Å². The second kappa shape index (κ2) is 4.99. The first-order chi connectivity index (χ1) is 7.79. The molecular weight excluding hydrogens is 206 g/mol. The molecule has 16 heavy (non-hydrogen) atoms. The number of benzene rings is 1. The van der Waals surface area contributed by atoms with Crippen LogP contribution in [-0.4, -0.2) is 31.8 Å². The molecule has 0 aromatic heterocycles. The Morgan fingerprint density at radius 1 is 1.50 bits per heavy atom. The van der Waals surface area contributed by atoms with E-state index in [4.69, 9.17) is 9.47 Å². The van der Waals surface area contributed by atoms with Gasteiger partial charge in [-0.3, -0.25) is 0 Å². The zero-order valence-corrected chi connectivity index (χ0v) is 9.23. The van der Waals surface area contributed by atoms with Crippen LogP contribution in [0.1, 0.15) is 17.3 Å². The third-order valence-corrected chi connectivity index (χ3v) is 2.39. The Morgan fingerprint density at radius 3 is 2.94 bits per heavy atom. The summed E-state index contributed by atoms with van der Waals surface area (Å²) in [5, 5.41) is 3.12. The number of esters is 1. The summed E-state index contributed by atoms with van der Waals surface area (Å²) in [5.74, 6) is 0.414. The van der Waals surface area contributed by atoms with Crippen molar-refractivity contribution < 1.29 is 14.3 Å². The smallest absolute Gasteiger partial charge is 0.338 e. The first kappa shape index (κ1) is 11.0.